The van der Waals surface area contributed by atoms with Gasteiger partial charge >= 0.3 is 6.09 Å². The van der Waals surface area contributed by atoms with Crippen LogP contribution in [-0.4, -0.2) is 36.0 Å². The molecule has 1 heterocycles. The fraction of sp³-hybridized carbons (Fsp3) is 0.364. The van der Waals surface area contributed by atoms with Crippen molar-refractivity contribution in [3.8, 4) is 0 Å². The van der Waals surface area contributed by atoms with Gasteiger partial charge in [-0.25, -0.2) is 9.18 Å². The first-order chi connectivity index (χ1) is 13.4. The molecule has 1 aliphatic heterocycles. The summed E-state index contributed by atoms with van der Waals surface area (Å²) in [5, 5.41) is 2.95. The molecule has 2 aromatic rings. The molecule has 1 fully saturated rings. The number of nitrogens with one attached hydrogen (secondary N) is 1. The number of alkyl carbamates (subject to hydrolysis) is 1. The Kier molecular flexibility index (Phi) is 6.29. The predicted molar refractivity (Wildman–Crippen MR) is 104 cm³/mol. The van der Waals surface area contributed by atoms with Crippen LogP contribution in [0.2, 0.25) is 0 Å². The second-order valence-electron chi connectivity index (χ2n) is 7.17. The number of hydrogen-bond acceptors (Lipinski definition) is 3. The van der Waals surface area contributed by atoms with Crippen molar-refractivity contribution < 1.29 is 18.7 Å². The molecule has 2 amide bonds. The summed E-state index contributed by atoms with van der Waals surface area (Å²) < 4.78 is 18.9. The molecule has 28 heavy (non-hydrogen) atoms. The Hall–Kier alpha value is -2.89. The van der Waals surface area contributed by atoms with Crippen molar-refractivity contribution in [3.05, 3.63) is 71.0 Å². The average molecular weight is 384 g/mol. The lowest BCUT2D eigenvalue weighted by molar-refractivity contribution is -0.130. The largest absolute Gasteiger partial charge is 0.445 e. The predicted octanol–water partition coefficient (Wildman–Crippen LogP) is 3.76. The van der Waals surface area contributed by atoms with Crippen molar-refractivity contribution in [2.24, 2.45) is 0 Å². The van der Waals surface area contributed by atoms with E-state index in [0.29, 0.717) is 19.5 Å². The molecule has 6 heteroatoms. The second-order valence-corrected chi connectivity index (χ2v) is 7.17. The lowest BCUT2D eigenvalue weighted by Gasteiger charge is -2.39. The van der Waals surface area contributed by atoms with Gasteiger partial charge in [0.05, 0.1) is 0 Å². The van der Waals surface area contributed by atoms with Crippen LogP contribution in [0.5, 0.6) is 0 Å². The van der Waals surface area contributed by atoms with E-state index in [2.05, 4.69) is 5.32 Å². The fourth-order valence-electron chi connectivity index (χ4n) is 3.70. The van der Waals surface area contributed by atoms with E-state index in [4.69, 9.17) is 4.74 Å². The van der Waals surface area contributed by atoms with E-state index in [1.807, 2.05) is 37.3 Å². The highest BCUT2D eigenvalue weighted by Crippen LogP contribution is 2.30. The van der Waals surface area contributed by atoms with Crippen LogP contribution < -0.4 is 5.32 Å². The van der Waals surface area contributed by atoms with Crippen LogP contribution in [0.4, 0.5) is 9.18 Å². The molecule has 0 spiro atoms. The topological polar surface area (TPSA) is 58.6 Å². The van der Waals surface area contributed by atoms with Gasteiger partial charge in [-0.1, -0.05) is 36.4 Å². The Morgan fingerprint density at radius 1 is 1.21 bits per heavy atom. The minimum atomic E-state index is -0.491. The molecule has 1 aliphatic rings. The maximum atomic E-state index is 13.5. The highest BCUT2D eigenvalue weighted by Gasteiger charge is 2.33. The summed E-state index contributed by atoms with van der Waals surface area (Å²) in [7, 11) is 0. The maximum absolute atomic E-state index is 13.5. The fourth-order valence-corrected chi connectivity index (χ4v) is 3.70. The number of piperidine rings is 1. The third-order valence-corrected chi connectivity index (χ3v) is 5.21. The van der Waals surface area contributed by atoms with E-state index < -0.39 is 6.09 Å². The SMILES string of the molecule is CC(=O)N1CC[C@H](NC(=O)OCc2ccccc2)[C@@H](c2ccc(F)cc2C)C1. The first kappa shape index (κ1) is 19.9. The van der Waals surface area contributed by atoms with Crippen molar-refractivity contribution in [3.63, 3.8) is 0 Å². The molecule has 0 bridgehead atoms. The van der Waals surface area contributed by atoms with Crippen LogP contribution in [0.25, 0.3) is 0 Å². The molecule has 1 saturated heterocycles. The van der Waals surface area contributed by atoms with E-state index in [1.165, 1.54) is 19.1 Å². The van der Waals surface area contributed by atoms with Crippen LogP contribution in [0.1, 0.15) is 36.0 Å². The number of carbonyl (C=O) groups excluding carboxylic acids is 2. The molecule has 2 atom stereocenters. The first-order valence-corrected chi connectivity index (χ1v) is 9.43. The van der Waals surface area contributed by atoms with Gasteiger partial charge in [-0.3, -0.25) is 4.79 Å². The van der Waals surface area contributed by atoms with E-state index in [-0.39, 0.29) is 30.3 Å². The summed E-state index contributed by atoms with van der Waals surface area (Å²) in [6, 6.07) is 13.9. The van der Waals surface area contributed by atoms with Gasteiger partial charge in [0.25, 0.3) is 0 Å². The van der Waals surface area contributed by atoms with Gasteiger partial charge in [0, 0.05) is 32.0 Å². The van der Waals surface area contributed by atoms with Crippen molar-refractivity contribution >= 4 is 12.0 Å². The van der Waals surface area contributed by atoms with E-state index in [9.17, 15) is 14.0 Å². The molecule has 5 nitrogen and oxygen atoms in total. The highest BCUT2D eigenvalue weighted by molar-refractivity contribution is 5.73. The number of hydrogen-bond donors (Lipinski definition) is 1. The van der Waals surface area contributed by atoms with Crippen molar-refractivity contribution in [2.75, 3.05) is 13.1 Å². The van der Waals surface area contributed by atoms with Gasteiger partial charge in [-0.2, -0.15) is 0 Å². The molecule has 1 N–H and O–H groups in total. The Balaban J connectivity index is 1.71. The van der Waals surface area contributed by atoms with Crippen LogP contribution in [0, 0.1) is 12.7 Å². The van der Waals surface area contributed by atoms with E-state index >= 15 is 0 Å². The number of aryl methyl sites for hydroxylation is 1. The maximum Gasteiger partial charge on any atom is 0.407 e. The minimum Gasteiger partial charge on any atom is -0.445 e. The standard InChI is InChI=1S/C22H25FN2O3/c1-15-12-18(23)8-9-19(15)20-13-25(16(2)26)11-10-21(20)24-22(27)28-14-17-6-4-3-5-7-17/h3-9,12,20-21H,10-11,13-14H2,1-2H3,(H,24,27)/t20-,21+/m1/s1. The summed E-state index contributed by atoms with van der Waals surface area (Å²) in [6.07, 6.45) is 0.122. The number of carbonyl (C=O) groups is 2. The molecular weight excluding hydrogens is 359 g/mol. The Bertz CT molecular complexity index is 841. The number of likely N-dealkylation sites (tertiary alicyclic amines) is 1. The molecular formula is C22H25FN2O3. The van der Waals surface area contributed by atoms with Crippen molar-refractivity contribution in [1.29, 1.82) is 0 Å². The van der Waals surface area contributed by atoms with Crippen LogP contribution in [0.15, 0.2) is 48.5 Å². The van der Waals surface area contributed by atoms with Gasteiger partial charge < -0.3 is 15.0 Å². The molecule has 0 aliphatic carbocycles. The van der Waals surface area contributed by atoms with Gasteiger partial charge in [-0.15, -0.1) is 0 Å². The number of nitrogens with zero attached hydrogens (tertiary/aromatic N) is 1. The molecule has 0 aromatic heterocycles. The second kappa shape index (κ2) is 8.87. The first-order valence-electron chi connectivity index (χ1n) is 9.43. The summed E-state index contributed by atoms with van der Waals surface area (Å²) in [4.78, 5) is 26.0. The lowest BCUT2D eigenvalue weighted by Crippen LogP contribution is -2.51. The van der Waals surface area contributed by atoms with Gasteiger partial charge in [0.2, 0.25) is 5.91 Å². The zero-order chi connectivity index (χ0) is 20.1. The van der Waals surface area contributed by atoms with Gasteiger partial charge in [0.15, 0.2) is 0 Å². The monoisotopic (exact) mass is 384 g/mol. The summed E-state index contributed by atoms with van der Waals surface area (Å²) >= 11 is 0. The lowest BCUT2D eigenvalue weighted by atomic mass is 9.84. The quantitative estimate of drug-likeness (QED) is 0.873. The number of rotatable bonds is 4. The number of ether oxygens (including phenoxy) is 1. The Morgan fingerprint density at radius 2 is 1.96 bits per heavy atom. The summed E-state index contributed by atoms with van der Waals surface area (Å²) in [5.41, 5.74) is 2.65. The zero-order valence-electron chi connectivity index (χ0n) is 16.2. The number of benzene rings is 2. The third-order valence-electron chi connectivity index (χ3n) is 5.21. The third kappa shape index (κ3) is 4.88. The summed E-state index contributed by atoms with van der Waals surface area (Å²) in [6.45, 7) is 4.62. The van der Waals surface area contributed by atoms with Crippen molar-refractivity contribution in [1.82, 2.24) is 10.2 Å². The van der Waals surface area contributed by atoms with Gasteiger partial charge in [0.1, 0.15) is 12.4 Å². The number of amides is 2. The molecule has 0 saturated carbocycles. The van der Waals surface area contributed by atoms with E-state index in [1.54, 1.807) is 11.0 Å². The summed E-state index contributed by atoms with van der Waals surface area (Å²) in [5.74, 6) is -0.426. The highest BCUT2D eigenvalue weighted by atomic mass is 19.1. The Morgan fingerprint density at radius 3 is 2.64 bits per heavy atom. The van der Waals surface area contributed by atoms with Crippen LogP contribution in [-0.2, 0) is 16.1 Å². The molecule has 148 valence electrons. The number of halogens is 1. The average Bonchev–Trinajstić information content (AvgIpc) is 2.68. The molecule has 3 rings (SSSR count). The minimum absolute atomic E-state index is 0.00475. The molecule has 0 unspecified atom stereocenters. The smallest absolute Gasteiger partial charge is 0.407 e. The van der Waals surface area contributed by atoms with E-state index in [0.717, 1.165) is 16.7 Å². The van der Waals surface area contributed by atoms with Crippen LogP contribution >= 0.6 is 0 Å². The Labute approximate surface area is 164 Å². The molecule has 0 radical (unpaired) electrons. The molecule has 2 aromatic carbocycles. The van der Waals surface area contributed by atoms with Crippen molar-refractivity contribution in [2.45, 2.75) is 38.8 Å². The van der Waals surface area contributed by atoms with Crippen LogP contribution in [0.3, 0.4) is 0 Å². The normalized spacial score (nSPS) is 19.2. The van der Waals surface area contributed by atoms with Gasteiger partial charge in [-0.05, 0) is 42.2 Å². The zero-order valence-corrected chi connectivity index (χ0v) is 16.2.